The highest BCUT2D eigenvalue weighted by Crippen LogP contribution is 2.25. The van der Waals surface area contributed by atoms with Crippen molar-refractivity contribution in [2.75, 3.05) is 10.6 Å². The summed E-state index contributed by atoms with van der Waals surface area (Å²) in [5, 5.41) is 15.3. The van der Waals surface area contributed by atoms with E-state index < -0.39 is 0 Å². The van der Waals surface area contributed by atoms with E-state index >= 15 is 0 Å². The summed E-state index contributed by atoms with van der Waals surface area (Å²) in [5.74, 6) is -0.359. The van der Waals surface area contributed by atoms with Crippen molar-refractivity contribution < 1.29 is 4.79 Å². The molecule has 0 atom stereocenters. The molecule has 5 nitrogen and oxygen atoms in total. The second kappa shape index (κ2) is 8.15. The van der Waals surface area contributed by atoms with Gasteiger partial charge in [-0.05, 0) is 48.7 Å². The molecule has 0 spiro atoms. The zero-order valence-corrected chi connectivity index (χ0v) is 15.3. The normalized spacial score (nSPS) is 10.1. The van der Waals surface area contributed by atoms with Crippen molar-refractivity contribution in [3.63, 3.8) is 0 Å². The van der Waals surface area contributed by atoms with E-state index in [2.05, 4.69) is 47.7 Å². The Morgan fingerprint density at radius 1 is 1.15 bits per heavy atom. The summed E-state index contributed by atoms with van der Waals surface area (Å²) in [5.41, 5.74) is 5.34. The van der Waals surface area contributed by atoms with Crippen LogP contribution in [-0.4, -0.2) is 10.9 Å². The molecule has 1 amide bonds. The molecule has 0 aliphatic heterocycles. The maximum absolute atomic E-state index is 12.6. The Kier molecular flexibility index (Phi) is 5.48. The number of carbonyl (C=O) groups excluding carboxylic acids is 1. The van der Waals surface area contributed by atoms with Gasteiger partial charge in [0.15, 0.2) is 0 Å². The Morgan fingerprint density at radius 2 is 1.96 bits per heavy atom. The number of aromatic nitrogens is 1. The van der Waals surface area contributed by atoms with Gasteiger partial charge in [0.1, 0.15) is 11.8 Å². The number of carbonyl (C=O) groups is 1. The average molecular weight is 356 g/mol. The first-order chi connectivity index (χ1) is 13.1. The Balaban J connectivity index is 1.84. The van der Waals surface area contributed by atoms with Crippen molar-refractivity contribution in [3.8, 4) is 6.07 Å². The number of benzene rings is 2. The van der Waals surface area contributed by atoms with Crippen LogP contribution < -0.4 is 10.6 Å². The zero-order chi connectivity index (χ0) is 19.2. The Labute approximate surface area is 158 Å². The fourth-order valence-electron chi connectivity index (χ4n) is 2.85. The summed E-state index contributed by atoms with van der Waals surface area (Å²) in [6.45, 7) is 4.16. The lowest BCUT2D eigenvalue weighted by molar-refractivity contribution is 0.102. The summed E-state index contributed by atoms with van der Waals surface area (Å²) < 4.78 is 0. The SMILES string of the molecule is CCc1cccc(C)c1Nc1ccnc(C(=O)Nc2ccccc2C#N)c1. The van der Waals surface area contributed by atoms with E-state index in [1.807, 2.05) is 12.1 Å². The minimum atomic E-state index is -0.359. The van der Waals surface area contributed by atoms with Gasteiger partial charge in [0, 0.05) is 17.6 Å². The molecule has 1 aromatic heterocycles. The average Bonchev–Trinajstić information content (AvgIpc) is 2.70. The van der Waals surface area contributed by atoms with E-state index in [9.17, 15) is 4.79 Å². The fourth-order valence-corrected chi connectivity index (χ4v) is 2.85. The number of nitriles is 1. The lowest BCUT2D eigenvalue weighted by Crippen LogP contribution is -2.14. The molecule has 3 rings (SSSR count). The second-order valence-electron chi connectivity index (χ2n) is 6.13. The molecule has 0 radical (unpaired) electrons. The molecule has 0 bridgehead atoms. The molecule has 5 heteroatoms. The zero-order valence-electron chi connectivity index (χ0n) is 15.3. The van der Waals surface area contributed by atoms with E-state index in [4.69, 9.17) is 5.26 Å². The van der Waals surface area contributed by atoms with Gasteiger partial charge in [0.05, 0.1) is 11.3 Å². The Morgan fingerprint density at radius 3 is 2.74 bits per heavy atom. The highest BCUT2D eigenvalue weighted by Gasteiger charge is 2.12. The largest absolute Gasteiger partial charge is 0.355 e. The Hall–Kier alpha value is -3.65. The first-order valence-electron chi connectivity index (χ1n) is 8.74. The van der Waals surface area contributed by atoms with Gasteiger partial charge in [0.25, 0.3) is 5.91 Å². The molecule has 0 saturated heterocycles. The third-order valence-corrected chi connectivity index (χ3v) is 4.30. The number of pyridine rings is 1. The number of para-hydroxylation sites is 2. The van der Waals surface area contributed by atoms with Gasteiger partial charge in [-0.15, -0.1) is 0 Å². The van der Waals surface area contributed by atoms with Crippen molar-refractivity contribution in [1.82, 2.24) is 4.98 Å². The molecular formula is C22H20N4O. The fraction of sp³-hybridized carbons (Fsp3) is 0.136. The molecule has 2 aromatic carbocycles. The third kappa shape index (κ3) is 4.13. The van der Waals surface area contributed by atoms with Crippen LogP contribution in [0.15, 0.2) is 60.8 Å². The van der Waals surface area contributed by atoms with Crippen molar-refractivity contribution in [2.45, 2.75) is 20.3 Å². The first-order valence-corrected chi connectivity index (χ1v) is 8.74. The molecule has 0 unspecified atom stereocenters. The number of anilines is 3. The van der Waals surface area contributed by atoms with Crippen molar-refractivity contribution in [2.24, 2.45) is 0 Å². The topological polar surface area (TPSA) is 77.8 Å². The smallest absolute Gasteiger partial charge is 0.274 e. The molecule has 3 aromatic rings. The molecule has 134 valence electrons. The summed E-state index contributed by atoms with van der Waals surface area (Å²) in [7, 11) is 0. The predicted molar refractivity (Wildman–Crippen MR) is 107 cm³/mol. The third-order valence-electron chi connectivity index (χ3n) is 4.30. The highest BCUT2D eigenvalue weighted by molar-refractivity contribution is 6.04. The monoisotopic (exact) mass is 356 g/mol. The standard InChI is InChI=1S/C22H20N4O/c1-3-16-9-6-7-15(2)21(16)25-18-11-12-24-20(13-18)22(27)26-19-10-5-4-8-17(19)14-23/h4-13H,3H2,1-2H3,(H,24,25)(H,26,27). The van der Waals surface area contributed by atoms with Crippen LogP contribution in [0.4, 0.5) is 17.1 Å². The summed E-state index contributed by atoms with van der Waals surface area (Å²) in [4.78, 5) is 16.7. The number of nitrogens with zero attached hydrogens (tertiary/aromatic N) is 2. The summed E-state index contributed by atoms with van der Waals surface area (Å²) >= 11 is 0. The van der Waals surface area contributed by atoms with Crippen molar-refractivity contribution >= 4 is 23.0 Å². The van der Waals surface area contributed by atoms with E-state index in [0.29, 0.717) is 11.3 Å². The number of hydrogen-bond donors (Lipinski definition) is 2. The maximum atomic E-state index is 12.6. The van der Waals surface area contributed by atoms with Crippen LogP contribution in [0.1, 0.15) is 34.1 Å². The number of rotatable bonds is 5. The molecule has 2 N–H and O–H groups in total. The summed E-state index contributed by atoms with van der Waals surface area (Å²) in [6.07, 6.45) is 2.50. The van der Waals surface area contributed by atoms with Crippen LogP contribution in [0.3, 0.4) is 0 Å². The molecule has 0 aliphatic carbocycles. The van der Waals surface area contributed by atoms with Crippen molar-refractivity contribution in [3.05, 3.63) is 83.2 Å². The van der Waals surface area contributed by atoms with E-state index in [-0.39, 0.29) is 11.6 Å². The molecule has 27 heavy (non-hydrogen) atoms. The van der Waals surface area contributed by atoms with Gasteiger partial charge >= 0.3 is 0 Å². The minimum absolute atomic E-state index is 0.277. The van der Waals surface area contributed by atoms with Crippen LogP contribution >= 0.6 is 0 Å². The van der Waals surface area contributed by atoms with E-state index in [1.165, 1.54) is 5.56 Å². The van der Waals surface area contributed by atoms with Gasteiger partial charge < -0.3 is 10.6 Å². The second-order valence-corrected chi connectivity index (χ2v) is 6.13. The lowest BCUT2D eigenvalue weighted by atomic mass is 10.1. The van der Waals surface area contributed by atoms with Gasteiger partial charge in [0.2, 0.25) is 0 Å². The predicted octanol–water partition coefficient (Wildman–Crippen LogP) is 4.82. The van der Waals surface area contributed by atoms with Gasteiger partial charge in [-0.25, -0.2) is 0 Å². The van der Waals surface area contributed by atoms with Crippen molar-refractivity contribution in [1.29, 1.82) is 5.26 Å². The maximum Gasteiger partial charge on any atom is 0.274 e. The molecular weight excluding hydrogens is 336 g/mol. The number of nitrogens with one attached hydrogen (secondary N) is 2. The minimum Gasteiger partial charge on any atom is -0.355 e. The van der Waals surface area contributed by atoms with Crippen LogP contribution in [-0.2, 0) is 6.42 Å². The molecule has 0 saturated carbocycles. The van der Waals surface area contributed by atoms with Crippen LogP contribution in [0.2, 0.25) is 0 Å². The Bertz CT molecular complexity index is 1020. The number of hydrogen-bond acceptors (Lipinski definition) is 4. The number of amides is 1. The highest BCUT2D eigenvalue weighted by atomic mass is 16.1. The molecule has 0 aliphatic rings. The molecule has 0 fully saturated rings. The van der Waals surface area contributed by atoms with Crippen LogP contribution in [0.25, 0.3) is 0 Å². The van der Waals surface area contributed by atoms with Crippen LogP contribution in [0.5, 0.6) is 0 Å². The lowest BCUT2D eigenvalue weighted by Gasteiger charge is -2.14. The summed E-state index contributed by atoms with van der Waals surface area (Å²) in [6, 6.07) is 18.7. The van der Waals surface area contributed by atoms with E-state index in [0.717, 1.165) is 23.4 Å². The molecule has 1 heterocycles. The number of aryl methyl sites for hydroxylation is 2. The quantitative estimate of drug-likeness (QED) is 0.687. The van der Waals surface area contributed by atoms with Gasteiger partial charge in [-0.3, -0.25) is 9.78 Å². The van der Waals surface area contributed by atoms with Gasteiger partial charge in [-0.1, -0.05) is 37.3 Å². The van der Waals surface area contributed by atoms with E-state index in [1.54, 1.807) is 36.5 Å². The van der Waals surface area contributed by atoms with Gasteiger partial charge in [-0.2, -0.15) is 5.26 Å². The van der Waals surface area contributed by atoms with Crippen LogP contribution in [0, 0.1) is 18.3 Å². The first kappa shape index (κ1) is 18.2.